The number of allylic oxidation sites excluding steroid dienone is 1. The quantitative estimate of drug-likeness (QED) is 0.674. The van der Waals surface area contributed by atoms with Gasteiger partial charge in [0.25, 0.3) is 0 Å². The number of hydrogen-bond donors (Lipinski definition) is 1. The van der Waals surface area contributed by atoms with E-state index >= 15 is 0 Å². The van der Waals surface area contributed by atoms with Gasteiger partial charge >= 0.3 is 0 Å². The molecular weight excluding hydrogens is 174 g/mol. The summed E-state index contributed by atoms with van der Waals surface area (Å²) in [5, 5.41) is 18.0. The van der Waals surface area contributed by atoms with Crippen LogP contribution in [-0.2, 0) is 0 Å². The van der Waals surface area contributed by atoms with Gasteiger partial charge in [0.05, 0.1) is 11.1 Å². The van der Waals surface area contributed by atoms with Crippen LogP contribution in [0.1, 0.15) is 5.56 Å². The number of nitrogens with zero attached hydrogens (tertiary/aromatic N) is 1. The van der Waals surface area contributed by atoms with Gasteiger partial charge in [0.15, 0.2) is 0 Å². The normalized spacial score (nSPS) is 10.0. The molecule has 0 heterocycles. The van der Waals surface area contributed by atoms with E-state index in [0.717, 1.165) is 0 Å². The molecule has 1 N–H and O–H groups in total. The van der Waals surface area contributed by atoms with Gasteiger partial charge in [-0.05, 0) is 18.2 Å². The molecule has 12 heavy (non-hydrogen) atoms. The lowest BCUT2D eigenvalue weighted by Gasteiger charge is -1.99. The van der Waals surface area contributed by atoms with Gasteiger partial charge in [-0.2, -0.15) is 5.26 Å². The van der Waals surface area contributed by atoms with E-state index in [-0.39, 0.29) is 5.75 Å². The zero-order chi connectivity index (χ0) is 8.97. The zero-order valence-corrected chi connectivity index (χ0v) is 6.92. The minimum absolute atomic E-state index is 0.0778. The van der Waals surface area contributed by atoms with Gasteiger partial charge in [-0.3, -0.25) is 0 Å². The summed E-state index contributed by atoms with van der Waals surface area (Å²) in [4.78, 5) is 0. The van der Waals surface area contributed by atoms with E-state index in [1.54, 1.807) is 12.1 Å². The molecule has 0 aromatic heterocycles. The summed E-state index contributed by atoms with van der Waals surface area (Å²) >= 11 is 5.74. The summed E-state index contributed by atoms with van der Waals surface area (Å²) < 4.78 is 0. The third kappa shape index (κ3) is 1.77. The summed E-state index contributed by atoms with van der Waals surface area (Å²) in [6.45, 7) is 0. The van der Waals surface area contributed by atoms with Crippen molar-refractivity contribution >= 4 is 17.7 Å². The second-order valence-corrected chi connectivity index (χ2v) is 2.54. The van der Waals surface area contributed by atoms with Crippen molar-refractivity contribution in [3.8, 4) is 11.8 Å². The number of benzene rings is 1. The Balaban J connectivity index is 3.15. The van der Waals surface area contributed by atoms with Gasteiger partial charge in [-0.1, -0.05) is 17.7 Å². The van der Waals surface area contributed by atoms with Crippen molar-refractivity contribution in [2.45, 2.75) is 0 Å². The molecule has 0 saturated heterocycles. The van der Waals surface area contributed by atoms with Crippen LogP contribution in [0.15, 0.2) is 24.3 Å². The Bertz CT molecular complexity index is 332. The standard InChI is InChI=1S/C9H6ClNO/c10-8-4-1-5-9(12)7(8)3-2-6-11/h1-5,12H. The van der Waals surface area contributed by atoms with Crippen LogP contribution < -0.4 is 0 Å². The van der Waals surface area contributed by atoms with Crippen molar-refractivity contribution in [3.05, 3.63) is 34.9 Å². The van der Waals surface area contributed by atoms with Gasteiger partial charge in [-0.25, -0.2) is 0 Å². The Morgan fingerprint density at radius 1 is 1.50 bits per heavy atom. The van der Waals surface area contributed by atoms with E-state index < -0.39 is 0 Å². The van der Waals surface area contributed by atoms with Crippen molar-refractivity contribution in [3.63, 3.8) is 0 Å². The first kappa shape index (κ1) is 8.63. The average Bonchev–Trinajstić information content (AvgIpc) is 2.04. The van der Waals surface area contributed by atoms with Gasteiger partial charge in [-0.15, -0.1) is 0 Å². The van der Waals surface area contributed by atoms with Gasteiger partial charge < -0.3 is 5.11 Å². The first-order chi connectivity index (χ1) is 5.75. The summed E-state index contributed by atoms with van der Waals surface area (Å²) in [5.41, 5.74) is 0.473. The fraction of sp³-hybridized carbons (Fsp3) is 0. The minimum atomic E-state index is 0.0778. The van der Waals surface area contributed by atoms with E-state index in [1.165, 1.54) is 18.2 Å². The maximum absolute atomic E-state index is 9.27. The molecule has 0 aliphatic carbocycles. The Kier molecular flexibility index (Phi) is 2.73. The lowest BCUT2D eigenvalue weighted by Crippen LogP contribution is -1.75. The van der Waals surface area contributed by atoms with Crippen LogP contribution in [0.4, 0.5) is 0 Å². The summed E-state index contributed by atoms with van der Waals surface area (Å²) in [7, 11) is 0. The largest absolute Gasteiger partial charge is 0.507 e. The topological polar surface area (TPSA) is 44.0 Å². The van der Waals surface area contributed by atoms with Crippen LogP contribution >= 0.6 is 11.6 Å². The summed E-state index contributed by atoms with van der Waals surface area (Å²) in [5.74, 6) is 0.0778. The SMILES string of the molecule is N#CC=Cc1c(O)cccc1Cl. The third-order valence-electron chi connectivity index (χ3n) is 1.35. The lowest BCUT2D eigenvalue weighted by atomic mass is 10.2. The van der Waals surface area contributed by atoms with E-state index in [0.29, 0.717) is 10.6 Å². The molecule has 0 amide bonds. The molecule has 0 atom stereocenters. The monoisotopic (exact) mass is 179 g/mol. The number of rotatable bonds is 1. The molecule has 2 nitrogen and oxygen atoms in total. The highest BCUT2D eigenvalue weighted by atomic mass is 35.5. The smallest absolute Gasteiger partial charge is 0.124 e. The molecule has 1 aromatic rings. The van der Waals surface area contributed by atoms with Crippen LogP contribution in [0.3, 0.4) is 0 Å². The van der Waals surface area contributed by atoms with Crippen LogP contribution in [0.2, 0.25) is 5.02 Å². The molecule has 0 unspecified atom stereocenters. The van der Waals surface area contributed by atoms with E-state index in [2.05, 4.69) is 0 Å². The van der Waals surface area contributed by atoms with Crippen LogP contribution in [0, 0.1) is 11.3 Å². The van der Waals surface area contributed by atoms with Gasteiger partial charge in [0.2, 0.25) is 0 Å². The first-order valence-electron chi connectivity index (χ1n) is 3.29. The summed E-state index contributed by atoms with van der Waals surface area (Å²) in [6.07, 6.45) is 2.73. The predicted octanol–water partition coefficient (Wildman–Crippen LogP) is 2.58. The third-order valence-corrected chi connectivity index (χ3v) is 1.68. The summed E-state index contributed by atoms with van der Waals surface area (Å²) in [6, 6.07) is 6.63. The van der Waals surface area contributed by atoms with Crippen molar-refractivity contribution in [1.29, 1.82) is 5.26 Å². The second-order valence-electron chi connectivity index (χ2n) is 2.14. The number of aromatic hydroxyl groups is 1. The number of phenolic OH excluding ortho intramolecular Hbond substituents is 1. The maximum atomic E-state index is 9.27. The lowest BCUT2D eigenvalue weighted by molar-refractivity contribution is 0.474. The zero-order valence-electron chi connectivity index (χ0n) is 6.16. The Labute approximate surface area is 75.3 Å². The average molecular weight is 180 g/mol. The highest BCUT2D eigenvalue weighted by Gasteiger charge is 2.00. The fourth-order valence-corrected chi connectivity index (χ4v) is 1.04. The molecule has 0 aliphatic heterocycles. The van der Waals surface area contributed by atoms with Gasteiger partial charge in [0.1, 0.15) is 5.75 Å². The molecule has 1 rings (SSSR count). The Morgan fingerprint density at radius 3 is 2.83 bits per heavy atom. The minimum Gasteiger partial charge on any atom is -0.507 e. The first-order valence-corrected chi connectivity index (χ1v) is 3.67. The van der Waals surface area contributed by atoms with Crippen molar-refractivity contribution in [1.82, 2.24) is 0 Å². The molecule has 0 spiro atoms. The van der Waals surface area contributed by atoms with Crippen LogP contribution in [0.25, 0.3) is 6.08 Å². The van der Waals surface area contributed by atoms with Crippen molar-refractivity contribution in [2.75, 3.05) is 0 Å². The molecule has 0 fully saturated rings. The number of hydrogen-bond acceptors (Lipinski definition) is 2. The number of phenols is 1. The van der Waals surface area contributed by atoms with Crippen molar-refractivity contribution in [2.24, 2.45) is 0 Å². The fourth-order valence-electron chi connectivity index (χ4n) is 0.811. The molecule has 0 bridgehead atoms. The van der Waals surface area contributed by atoms with Crippen LogP contribution in [0.5, 0.6) is 5.75 Å². The highest BCUT2D eigenvalue weighted by molar-refractivity contribution is 6.32. The molecule has 0 saturated carbocycles. The molecule has 1 aromatic carbocycles. The highest BCUT2D eigenvalue weighted by Crippen LogP contribution is 2.26. The van der Waals surface area contributed by atoms with E-state index in [4.69, 9.17) is 16.9 Å². The van der Waals surface area contributed by atoms with Gasteiger partial charge in [0, 0.05) is 11.6 Å². The number of nitriles is 1. The molecular formula is C9H6ClNO. The van der Waals surface area contributed by atoms with E-state index in [9.17, 15) is 5.11 Å². The molecule has 0 radical (unpaired) electrons. The molecule has 0 aliphatic rings. The Hall–Kier alpha value is -1.46. The predicted molar refractivity (Wildman–Crippen MR) is 47.8 cm³/mol. The molecule has 60 valence electrons. The maximum Gasteiger partial charge on any atom is 0.124 e. The Morgan fingerprint density at radius 2 is 2.25 bits per heavy atom. The second kappa shape index (κ2) is 3.80. The van der Waals surface area contributed by atoms with Crippen molar-refractivity contribution < 1.29 is 5.11 Å². The number of halogens is 1. The van der Waals surface area contributed by atoms with E-state index in [1.807, 2.05) is 6.07 Å². The molecule has 3 heteroatoms. The van der Waals surface area contributed by atoms with Crippen LogP contribution in [-0.4, -0.2) is 5.11 Å².